The highest BCUT2D eigenvalue weighted by atomic mass is 32.1. The van der Waals surface area contributed by atoms with Crippen molar-refractivity contribution >= 4 is 11.3 Å². The van der Waals surface area contributed by atoms with Gasteiger partial charge < -0.3 is 4.74 Å². The molecule has 1 aromatic carbocycles. The minimum absolute atomic E-state index is 0.222. The first-order valence-corrected chi connectivity index (χ1v) is 8.45. The Kier molecular flexibility index (Phi) is 3.59. The highest BCUT2D eigenvalue weighted by Gasteiger charge is 2.27. The maximum atomic E-state index is 6.02. The summed E-state index contributed by atoms with van der Waals surface area (Å²) >= 11 is 1.73. The average Bonchev–Trinajstić information content (AvgIpc) is 3.08. The van der Waals surface area contributed by atoms with Gasteiger partial charge in [0.1, 0.15) is 16.9 Å². The Morgan fingerprint density at radius 1 is 1.35 bits per heavy atom. The summed E-state index contributed by atoms with van der Waals surface area (Å²) in [5.74, 6) is 1.69. The van der Waals surface area contributed by atoms with Crippen molar-refractivity contribution in [2.75, 3.05) is 0 Å². The number of aromatic nitrogens is 3. The molecule has 0 saturated heterocycles. The van der Waals surface area contributed by atoms with Crippen LogP contribution >= 0.6 is 11.3 Å². The van der Waals surface area contributed by atoms with E-state index in [2.05, 4.69) is 51.0 Å². The molecular formula is C18H17N3OS. The van der Waals surface area contributed by atoms with Crippen LogP contribution < -0.4 is 0 Å². The minimum Gasteiger partial charge on any atom is -0.361 e. The molecule has 0 spiro atoms. The molecule has 0 fully saturated rings. The molecule has 2 aromatic heterocycles. The van der Waals surface area contributed by atoms with Gasteiger partial charge >= 0.3 is 0 Å². The molecule has 0 amide bonds. The number of hydrogen-bond acceptors (Lipinski definition) is 4. The van der Waals surface area contributed by atoms with Gasteiger partial charge in [-0.3, -0.25) is 4.57 Å². The van der Waals surface area contributed by atoms with Crippen LogP contribution in [0.1, 0.15) is 34.4 Å². The largest absolute Gasteiger partial charge is 0.361 e. The topological polar surface area (TPSA) is 39.9 Å². The lowest BCUT2D eigenvalue weighted by molar-refractivity contribution is 0.0691. The van der Waals surface area contributed by atoms with Crippen molar-refractivity contribution in [1.82, 2.24) is 14.8 Å². The summed E-state index contributed by atoms with van der Waals surface area (Å²) in [6, 6.07) is 10.5. The first-order chi connectivity index (χ1) is 11.3. The zero-order valence-electron chi connectivity index (χ0n) is 12.9. The van der Waals surface area contributed by atoms with Crippen LogP contribution in [0.3, 0.4) is 0 Å². The zero-order chi connectivity index (χ0) is 15.8. The van der Waals surface area contributed by atoms with Gasteiger partial charge in [0, 0.05) is 5.56 Å². The number of rotatable bonds is 3. The standard InChI is InChI=1S/C18H17N3OS/c1-3-16-17-20-19-12(2)21(17)18-15(10-22-16)14(11-23-18)9-13-7-5-4-6-8-13/h3-8,11,16H,1,9-10H2,2H3/t16-/m0/s1. The van der Waals surface area contributed by atoms with E-state index in [0.717, 1.165) is 23.1 Å². The van der Waals surface area contributed by atoms with E-state index in [1.165, 1.54) is 16.7 Å². The van der Waals surface area contributed by atoms with E-state index in [-0.39, 0.29) is 6.10 Å². The number of hydrogen-bond donors (Lipinski definition) is 0. The molecule has 5 heteroatoms. The first-order valence-electron chi connectivity index (χ1n) is 7.57. The normalized spacial score (nSPS) is 16.5. The van der Waals surface area contributed by atoms with E-state index in [0.29, 0.717) is 6.61 Å². The second kappa shape index (κ2) is 5.76. The number of ether oxygens (including phenoxy) is 1. The van der Waals surface area contributed by atoms with Gasteiger partial charge in [-0.15, -0.1) is 28.1 Å². The van der Waals surface area contributed by atoms with Crippen molar-refractivity contribution in [1.29, 1.82) is 0 Å². The molecule has 1 aliphatic rings. The molecule has 3 aromatic rings. The number of thiophene rings is 1. The van der Waals surface area contributed by atoms with Crippen molar-refractivity contribution in [3.8, 4) is 5.00 Å². The van der Waals surface area contributed by atoms with E-state index in [4.69, 9.17) is 4.74 Å². The summed E-state index contributed by atoms with van der Waals surface area (Å²) in [7, 11) is 0. The SMILES string of the molecule is C=C[C@@H]1OCc2c(Cc3ccccc3)csc2-n2c(C)nnc21. The molecule has 3 heterocycles. The average molecular weight is 323 g/mol. The molecule has 0 unspecified atom stereocenters. The summed E-state index contributed by atoms with van der Waals surface area (Å²) < 4.78 is 8.13. The fourth-order valence-corrected chi connectivity index (χ4v) is 4.09. The Labute approximate surface area is 139 Å². The summed E-state index contributed by atoms with van der Waals surface area (Å²) in [5, 5.41) is 11.9. The summed E-state index contributed by atoms with van der Waals surface area (Å²) in [4.78, 5) is 0. The second-order valence-corrected chi connectivity index (χ2v) is 6.47. The van der Waals surface area contributed by atoms with Crippen LogP contribution in [0.5, 0.6) is 0 Å². The van der Waals surface area contributed by atoms with Crippen molar-refractivity contribution in [2.45, 2.75) is 26.1 Å². The number of benzene rings is 1. The molecule has 0 bridgehead atoms. The lowest BCUT2D eigenvalue weighted by atomic mass is 10.0. The number of nitrogens with zero attached hydrogens (tertiary/aromatic N) is 3. The lowest BCUT2D eigenvalue weighted by Gasteiger charge is -2.09. The Hall–Kier alpha value is -2.24. The summed E-state index contributed by atoms with van der Waals surface area (Å²) in [6.07, 6.45) is 2.47. The van der Waals surface area contributed by atoms with Crippen molar-refractivity contribution < 1.29 is 4.74 Å². The molecule has 4 nitrogen and oxygen atoms in total. The van der Waals surface area contributed by atoms with Crippen LogP contribution in [-0.2, 0) is 17.8 Å². The molecule has 0 N–H and O–H groups in total. The molecule has 23 heavy (non-hydrogen) atoms. The fraction of sp³-hybridized carbons (Fsp3) is 0.222. The molecule has 116 valence electrons. The smallest absolute Gasteiger partial charge is 0.171 e. The van der Waals surface area contributed by atoms with Gasteiger partial charge in [0.15, 0.2) is 5.82 Å². The van der Waals surface area contributed by atoms with Gasteiger partial charge in [0.05, 0.1) is 6.61 Å². The number of aryl methyl sites for hydroxylation is 1. The maximum Gasteiger partial charge on any atom is 0.171 e. The first kappa shape index (κ1) is 14.4. The third kappa shape index (κ3) is 2.42. The minimum atomic E-state index is -0.222. The van der Waals surface area contributed by atoms with Gasteiger partial charge in [-0.05, 0) is 29.9 Å². The summed E-state index contributed by atoms with van der Waals surface area (Å²) in [5.41, 5.74) is 3.84. The van der Waals surface area contributed by atoms with Crippen LogP contribution in [-0.4, -0.2) is 14.8 Å². The Morgan fingerprint density at radius 3 is 2.96 bits per heavy atom. The lowest BCUT2D eigenvalue weighted by Crippen LogP contribution is -2.05. The molecule has 0 radical (unpaired) electrons. The predicted molar refractivity (Wildman–Crippen MR) is 90.9 cm³/mol. The molecular weight excluding hydrogens is 306 g/mol. The zero-order valence-corrected chi connectivity index (χ0v) is 13.7. The Bertz CT molecular complexity index is 851. The van der Waals surface area contributed by atoms with Crippen LogP contribution in [0, 0.1) is 6.92 Å². The number of fused-ring (bicyclic) bond motifs is 3. The van der Waals surface area contributed by atoms with E-state index in [1.807, 2.05) is 13.0 Å². The highest BCUT2D eigenvalue weighted by molar-refractivity contribution is 7.12. The molecule has 4 rings (SSSR count). The molecule has 1 atom stereocenters. The van der Waals surface area contributed by atoms with Crippen molar-refractivity contribution in [3.05, 3.63) is 76.7 Å². The highest BCUT2D eigenvalue weighted by Crippen LogP contribution is 2.36. The van der Waals surface area contributed by atoms with Gasteiger partial charge in [-0.1, -0.05) is 36.4 Å². The monoisotopic (exact) mass is 323 g/mol. The van der Waals surface area contributed by atoms with E-state index in [1.54, 1.807) is 17.4 Å². The fourth-order valence-electron chi connectivity index (χ4n) is 2.95. The van der Waals surface area contributed by atoms with Crippen LogP contribution in [0.2, 0.25) is 0 Å². The van der Waals surface area contributed by atoms with Crippen molar-refractivity contribution in [3.63, 3.8) is 0 Å². The van der Waals surface area contributed by atoms with E-state index < -0.39 is 0 Å². The van der Waals surface area contributed by atoms with Crippen LogP contribution in [0.15, 0.2) is 48.4 Å². The third-order valence-corrected chi connectivity index (χ3v) is 5.18. The molecule has 0 saturated carbocycles. The Morgan fingerprint density at radius 2 is 2.17 bits per heavy atom. The second-order valence-electron chi connectivity index (χ2n) is 5.62. The van der Waals surface area contributed by atoms with E-state index in [9.17, 15) is 0 Å². The summed E-state index contributed by atoms with van der Waals surface area (Å²) in [6.45, 7) is 6.41. The Balaban J connectivity index is 1.80. The third-order valence-electron chi connectivity index (χ3n) is 4.12. The quantitative estimate of drug-likeness (QED) is 0.684. The van der Waals surface area contributed by atoms with Gasteiger partial charge in [-0.25, -0.2) is 0 Å². The van der Waals surface area contributed by atoms with Gasteiger partial charge in [-0.2, -0.15) is 0 Å². The van der Waals surface area contributed by atoms with Gasteiger partial charge in [0.25, 0.3) is 0 Å². The molecule has 0 aliphatic carbocycles. The van der Waals surface area contributed by atoms with Crippen molar-refractivity contribution in [2.24, 2.45) is 0 Å². The van der Waals surface area contributed by atoms with Crippen LogP contribution in [0.4, 0.5) is 0 Å². The van der Waals surface area contributed by atoms with Gasteiger partial charge in [0.2, 0.25) is 0 Å². The van der Waals surface area contributed by atoms with E-state index >= 15 is 0 Å². The maximum absolute atomic E-state index is 6.02. The molecule has 1 aliphatic heterocycles. The predicted octanol–water partition coefficient (Wildman–Crippen LogP) is 3.99. The van der Waals surface area contributed by atoms with Crippen LogP contribution in [0.25, 0.3) is 5.00 Å².